The van der Waals surface area contributed by atoms with Crippen molar-refractivity contribution in [3.63, 3.8) is 0 Å². The fourth-order valence-electron chi connectivity index (χ4n) is 3.48. The van der Waals surface area contributed by atoms with Gasteiger partial charge in [-0.1, -0.05) is 42.5 Å². The summed E-state index contributed by atoms with van der Waals surface area (Å²) in [7, 11) is 3.30. The Morgan fingerprint density at radius 1 is 0.750 bits per heavy atom. The van der Waals surface area contributed by atoms with Crippen LogP contribution in [-0.4, -0.2) is 24.3 Å². The Bertz CT molecular complexity index is 1040. The van der Waals surface area contributed by atoms with E-state index in [2.05, 4.69) is 4.98 Å². The van der Waals surface area contributed by atoms with E-state index >= 15 is 0 Å². The van der Waals surface area contributed by atoms with E-state index in [0.29, 0.717) is 0 Å². The summed E-state index contributed by atoms with van der Waals surface area (Å²) in [5.74, 6) is 1.44. The molecule has 1 heterocycles. The number of ether oxygens (including phenoxy) is 2. The van der Waals surface area contributed by atoms with E-state index in [4.69, 9.17) is 9.47 Å². The van der Waals surface area contributed by atoms with Gasteiger partial charge >= 0.3 is 0 Å². The summed E-state index contributed by atoms with van der Waals surface area (Å²) in [6, 6.07) is 25.6. The zero-order valence-corrected chi connectivity index (χ0v) is 15.8. The zero-order valence-electron chi connectivity index (χ0n) is 15.8. The minimum atomic E-state index is -0.172. The number of pyridine rings is 1. The number of para-hydroxylation sites is 1. The second-order valence-corrected chi connectivity index (χ2v) is 6.57. The van der Waals surface area contributed by atoms with Crippen LogP contribution in [0.15, 0.2) is 78.9 Å². The number of benzene rings is 3. The smallest absolute Gasteiger partial charge is 0.215 e. The highest BCUT2D eigenvalue weighted by molar-refractivity contribution is 5.80. The number of rotatable bonds is 5. The van der Waals surface area contributed by atoms with Gasteiger partial charge in [-0.3, -0.25) is 0 Å². The SMILES string of the molecule is COc1ccc(C(c2ccc(OC)cc2)c2cc3ccccc3nc2O)cc1. The van der Waals surface area contributed by atoms with Gasteiger partial charge in [0.25, 0.3) is 0 Å². The molecule has 0 aliphatic rings. The zero-order chi connectivity index (χ0) is 19.5. The highest BCUT2D eigenvalue weighted by atomic mass is 16.5. The lowest BCUT2D eigenvalue weighted by molar-refractivity contribution is 0.414. The second kappa shape index (κ2) is 7.61. The van der Waals surface area contributed by atoms with E-state index < -0.39 is 0 Å². The standard InChI is InChI=1S/C24H21NO3/c1-27-19-11-7-16(8-12-19)23(17-9-13-20(28-2)14-10-17)21-15-18-5-3-4-6-22(18)25-24(21)26/h3-15,23H,1-2H3,(H,25,26). The Balaban J connectivity index is 1.89. The Morgan fingerprint density at radius 3 is 1.82 bits per heavy atom. The summed E-state index contributed by atoms with van der Waals surface area (Å²) in [6.45, 7) is 0. The quantitative estimate of drug-likeness (QED) is 0.528. The Morgan fingerprint density at radius 2 is 1.29 bits per heavy atom. The average molecular weight is 371 g/mol. The molecule has 4 aromatic rings. The molecule has 0 aliphatic carbocycles. The van der Waals surface area contributed by atoms with Crippen molar-refractivity contribution in [1.82, 2.24) is 4.98 Å². The molecule has 4 rings (SSSR count). The highest BCUT2D eigenvalue weighted by Crippen LogP contribution is 2.38. The van der Waals surface area contributed by atoms with Crippen molar-refractivity contribution in [3.05, 3.63) is 95.6 Å². The van der Waals surface area contributed by atoms with Crippen molar-refractivity contribution < 1.29 is 14.6 Å². The van der Waals surface area contributed by atoms with Crippen LogP contribution in [0.2, 0.25) is 0 Å². The van der Waals surface area contributed by atoms with Gasteiger partial charge in [0.2, 0.25) is 5.88 Å². The van der Waals surface area contributed by atoms with Gasteiger partial charge < -0.3 is 14.6 Å². The molecule has 0 amide bonds. The largest absolute Gasteiger partial charge is 0.497 e. The summed E-state index contributed by atoms with van der Waals surface area (Å²) in [6.07, 6.45) is 0. The number of hydrogen-bond acceptors (Lipinski definition) is 4. The van der Waals surface area contributed by atoms with Gasteiger partial charge in [0, 0.05) is 16.9 Å². The van der Waals surface area contributed by atoms with Crippen LogP contribution in [0.25, 0.3) is 10.9 Å². The lowest BCUT2D eigenvalue weighted by Gasteiger charge is -2.20. The van der Waals surface area contributed by atoms with E-state index in [1.54, 1.807) is 14.2 Å². The van der Waals surface area contributed by atoms with Crippen LogP contribution in [0, 0.1) is 0 Å². The van der Waals surface area contributed by atoms with Gasteiger partial charge in [-0.25, -0.2) is 4.98 Å². The molecular weight excluding hydrogens is 350 g/mol. The van der Waals surface area contributed by atoms with Gasteiger partial charge in [-0.05, 0) is 47.5 Å². The first kappa shape index (κ1) is 17.9. The molecule has 0 bridgehead atoms. The topological polar surface area (TPSA) is 51.6 Å². The van der Waals surface area contributed by atoms with Gasteiger partial charge in [0.15, 0.2) is 0 Å². The molecule has 28 heavy (non-hydrogen) atoms. The maximum atomic E-state index is 10.7. The molecule has 0 aliphatic heterocycles. The summed E-state index contributed by atoms with van der Waals surface area (Å²) in [4.78, 5) is 4.42. The number of methoxy groups -OCH3 is 2. The first-order valence-corrected chi connectivity index (χ1v) is 9.06. The second-order valence-electron chi connectivity index (χ2n) is 6.57. The molecule has 0 atom stereocenters. The Kier molecular flexibility index (Phi) is 4.85. The van der Waals surface area contributed by atoms with Crippen molar-refractivity contribution in [2.75, 3.05) is 14.2 Å². The molecule has 1 N–H and O–H groups in total. The van der Waals surface area contributed by atoms with E-state index in [1.165, 1.54) is 0 Å². The van der Waals surface area contributed by atoms with E-state index in [1.807, 2.05) is 78.9 Å². The predicted octanol–water partition coefficient (Wildman–Crippen LogP) is 5.14. The number of fused-ring (bicyclic) bond motifs is 1. The third-order valence-corrected chi connectivity index (χ3v) is 4.94. The van der Waals surface area contributed by atoms with Crippen molar-refractivity contribution in [2.45, 2.75) is 5.92 Å². The number of nitrogens with zero attached hydrogens (tertiary/aromatic N) is 1. The lowest BCUT2D eigenvalue weighted by Crippen LogP contribution is -2.05. The van der Waals surface area contributed by atoms with Crippen LogP contribution in [0.4, 0.5) is 0 Å². The molecule has 0 saturated carbocycles. The summed E-state index contributed by atoms with van der Waals surface area (Å²) >= 11 is 0. The number of hydrogen-bond donors (Lipinski definition) is 1. The Hall–Kier alpha value is -3.53. The molecule has 1 aromatic heterocycles. The van der Waals surface area contributed by atoms with Crippen molar-refractivity contribution in [2.24, 2.45) is 0 Å². The molecule has 140 valence electrons. The average Bonchev–Trinajstić information content (AvgIpc) is 2.75. The van der Waals surface area contributed by atoms with Crippen molar-refractivity contribution in [3.8, 4) is 17.4 Å². The third kappa shape index (κ3) is 3.37. The van der Waals surface area contributed by atoms with Crippen LogP contribution in [0.3, 0.4) is 0 Å². The van der Waals surface area contributed by atoms with Crippen molar-refractivity contribution in [1.29, 1.82) is 0 Å². The molecular formula is C24H21NO3. The van der Waals surface area contributed by atoms with Gasteiger partial charge in [-0.2, -0.15) is 0 Å². The van der Waals surface area contributed by atoms with E-state index in [0.717, 1.165) is 39.1 Å². The molecule has 0 saturated heterocycles. The molecule has 0 fully saturated rings. The third-order valence-electron chi connectivity index (χ3n) is 4.94. The maximum absolute atomic E-state index is 10.7. The number of aromatic hydroxyl groups is 1. The predicted molar refractivity (Wildman–Crippen MR) is 110 cm³/mol. The molecule has 0 unspecified atom stereocenters. The van der Waals surface area contributed by atoms with E-state index in [-0.39, 0.29) is 11.8 Å². The van der Waals surface area contributed by atoms with Crippen molar-refractivity contribution >= 4 is 10.9 Å². The molecule has 4 heteroatoms. The fourth-order valence-corrected chi connectivity index (χ4v) is 3.48. The minimum Gasteiger partial charge on any atom is -0.497 e. The summed E-state index contributed by atoms with van der Waals surface area (Å²) in [5, 5.41) is 11.7. The molecule has 0 radical (unpaired) electrons. The van der Waals surface area contributed by atoms with Crippen LogP contribution in [0.1, 0.15) is 22.6 Å². The van der Waals surface area contributed by atoms with Gasteiger partial charge in [0.05, 0.1) is 19.7 Å². The Labute approximate surface area is 164 Å². The maximum Gasteiger partial charge on any atom is 0.215 e. The first-order valence-electron chi connectivity index (χ1n) is 9.06. The monoisotopic (exact) mass is 371 g/mol. The van der Waals surface area contributed by atoms with Crippen LogP contribution in [0.5, 0.6) is 17.4 Å². The highest BCUT2D eigenvalue weighted by Gasteiger charge is 2.22. The van der Waals surface area contributed by atoms with Crippen LogP contribution >= 0.6 is 0 Å². The molecule has 0 spiro atoms. The van der Waals surface area contributed by atoms with Gasteiger partial charge in [-0.15, -0.1) is 0 Å². The van der Waals surface area contributed by atoms with Gasteiger partial charge in [0.1, 0.15) is 11.5 Å². The van der Waals surface area contributed by atoms with Crippen LogP contribution < -0.4 is 9.47 Å². The lowest BCUT2D eigenvalue weighted by atomic mass is 9.85. The fraction of sp³-hybridized carbons (Fsp3) is 0.125. The first-order chi connectivity index (χ1) is 13.7. The molecule has 4 nitrogen and oxygen atoms in total. The number of aromatic nitrogens is 1. The summed E-state index contributed by atoms with van der Waals surface area (Å²) < 4.78 is 10.6. The minimum absolute atomic E-state index is 0.0373. The normalized spacial score (nSPS) is 11.0. The summed E-state index contributed by atoms with van der Waals surface area (Å²) in [5.41, 5.74) is 3.61. The molecule has 3 aromatic carbocycles. The van der Waals surface area contributed by atoms with Crippen LogP contribution in [-0.2, 0) is 0 Å². The van der Waals surface area contributed by atoms with E-state index in [9.17, 15) is 5.11 Å².